The van der Waals surface area contributed by atoms with Crippen LogP contribution in [0.15, 0.2) is 73.3 Å². The number of benzene rings is 2. The highest BCUT2D eigenvalue weighted by atomic mass is 16.1. The van der Waals surface area contributed by atoms with E-state index >= 15 is 0 Å². The molecule has 0 aliphatic rings. The van der Waals surface area contributed by atoms with E-state index in [1.165, 1.54) is 5.56 Å². The smallest absolute Gasteiger partial charge is 0.251 e. The molecule has 0 spiro atoms. The zero-order valence-corrected chi connectivity index (χ0v) is 12.2. The average Bonchev–Trinajstić information content (AvgIpc) is 2.54. The van der Waals surface area contributed by atoms with E-state index < -0.39 is 0 Å². The summed E-state index contributed by atoms with van der Waals surface area (Å²) in [5, 5.41) is 3.09. The van der Waals surface area contributed by atoms with E-state index in [0.717, 1.165) is 19.3 Å². The third-order valence-electron chi connectivity index (χ3n) is 3.45. The van der Waals surface area contributed by atoms with Crippen molar-refractivity contribution in [3.63, 3.8) is 0 Å². The quantitative estimate of drug-likeness (QED) is 0.763. The van der Waals surface area contributed by atoms with Crippen molar-refractivity contribution in [3.05, 3.63) is 84.4 Å². The minimum absolute atomic E-state index is 0.0180. The maximum Gasteiger partial charge on any atom is 0.251 e. The van der Waals surface area contributed by atoms with Crippen LogP contribution in [0.4, 0.5) is 0 Å². The maximum atomic E-state index is 12.2. The van der Waals surface area contributed by atoms with Gasteiger partial charge in [0.25, 0.3) is 5.91 Å². The van der Waals surface area contributed by atoms with Gasteiger partial charge in [0, 0.05) is 11.6 Å². The first-order chi connectivity index (χ1) is 10.3. The van der Waals surface area contributed by atoms with Crippen molar-refractivity contribution in [2.24, 2.45) is 0 Å². The van der Waals surface area contributed by atoms with Gasteiger partial charge < -0.3 is 5.32 Å². The summed E-state index contributed by atoms with van der Waals surface area (Å²) in [6.07, 6.45) is 4.51. The second kappa shape index (κ2) is 8.05. The Bertz CT molecular complexity index is 563. The fourth-order valence-corrected chi connectivity index (χ4v) is 2.29. The molecule has 2 heteroatoms. The zero-order chi connectivity index (χ0) is 14.9. The third kappa shape index (κ3) is 4.92. The highest BCUT2D eigenvalue weighted by molar-refractivity contribution is 5.94. The molecule has 0 saturated heterocycles. The molecule has 0 aliphatic heterocycles. The predicted octanol–water partition coefficient (Wildman–Crippen LogP) is 3.99. The van der Waals surface area contributed by atoms with Gasteiger partial charge in [-0.15, -0.1) is 6.58 Å². The summed E-state index contributed by atoms with van der Waals surface area (Å²) in [6, 6.07) is 19.8. The van der Waals surface area contributed by atoms with Crippen LogP contribution < -0.4 is 5.32 Å². The van der Waals surface area contributed by atoms with Crippen LogP contribution >= 0.6 is 0 Å². The van der Waals surface area contributed by atoms with Gasteiger partial charge in [-0.25, -0.2) is 0 Å². The molecular weight excluding hydrogens is 258 g/mol. The van der Waals surface area contributed by atoms with Crippen LogP contribution in [0.25, 0.3) is 0 Å². The molecule has 0 fully saturated rings. The van der Waals surface area contributed by atoms with Crippen LogP contribution in [-0.4, -0.2) is 11.9 Å². The van der Waals surface area contributed by atoms with Crippen molar-refractivity contribution < 1.29 is 4.79 Å². The SMILES string of the molecule is C=CCC(CCc1ccccc1)NC(=O)c1ccccc1. The summed E-state index contributed by atoms with van der Waals surface area (Å²) in [6.45, 7) is 3.78. The lowest BCUT2D eigenvalue weighted by molar-refractivity contribution is 0.0935. The number of hydrogen-bond acceptors (Lipinski definition) is 1. The summed E-state index contributed by atoms with van der Waals surface area (Å²) in [7, 11) is 0. The second-order valence-electron chi connectivity index (χ2n) is 5.09. The molecule has 0 bridgehead atoms. The Kier molecular flexibility index (Phi) is 5.77. The van der Waals surface area contributed by atoms with Gasteiger partial charge in [-0.3, -0.25) is 4.79 Å². The van der Waals surface area contributed by atoms with E-state index in [1.54, 1.807) is 0 Å². The van der Waals surface area contributed by atoms with E-state index in [4.69, 9.17) is 0 Å². The highest BCUT2D eigenvalue weighted by Gasteiger charge is 2.12. The summed E-state index contributed by atoms with van der Waals surface area (Å²) >= 11 is 0. The van der Waals surface area contributed by atoms with Crippen molar-refractivity contribution in [1.29, 1.82) is 0 Å². The summed E-state index contributed by atoms with van der Waals surface area (Å²) in [5.41, 5.74) is 1.99. The van der Waals surface area contributed by atoms with Gasteiger partial charge in [0.05, 0.1) is 0 Å². The molecule has 1 N–H and O–H groups in total. The van der Waals surface area contributed by atoms with Crippen molar-refractivity contribution in [1.82, 2.24) is 5.32 Å². The molecular formula is C19H21NO. The number of carbonyl (C=O) groups is 1. The molecule has 0 heterocycles. The average molecular weight is 279 g/mol. The summed E-state index contributed by atoms with van der Waals surface area (Å²) in [4.78, 5) is 12.2. The molecule has 2 nitrogen and oxygen atoms in total. The van der Waals surface area contributed by atoms with Crippen molar-refractivity contribution in [3.8, 4) is 0 Å². The largest absolute Gasteiger partial charge is 0.349 e. The third-order valence-corrected chi connectivity index (χ3v) is 3.45. The van der Waals surface area contributed by atoms with Crippen LogP contribution in [0.2, 0.25) is 0 Å². The van der Waals surface area contributed by atoms with Crippen LogP contribution in [0.5, 0.6) is 0 Å². The van der Waals surface area contributed by atoms with E-state index in [-0.39, 0.29) is 11.9 Å². The molecule has 0 aliphatic carbocycles. The Balaban J connectivity index is 1.92. The number of rotatable bonds is 7. The lowest BCUT2D eigenvalue weighted by Crippen LogP contribution is -2.34. The van der Waals surface area contributed by atoms with Crippen molar-refractivity contribution in [2.75, 3.05) is 0 Å². The Labute approximate surface area is 126 Å². The lowest BCUT2D eigenvalue weighted by Gasteiger charge is -2.17. The second-order valence-corrected chi connectivity index (χ2v) is 5.09. The number of nitrogens with one attached hydrogen (secondary N) is 1. The minimum Gasteiger partial charge on any atom is -0.349 e. The van der Waals surface area contributed by atoms with Gasteiger partial charge in [0.2, 0.25) is 0 Å². The van der Waals surface area contributed by atoms with Gasteiger partial charge in [-0.1, -0.05) is 54.6 Å². The summed E-state index contributed by atoms with van der Waals surface area (Å²) in [5.74, 6) is -0.0180. The van der Waals surface area contributed by atoms with E-state index in [2.05, 4.69) is 24.0 Å². The predicted molar refractivity (Wildman–Crippen MR) is 87.3 cm³/mol. The maximum absolute atomic E-state index is 12.2. The molecule has 21 heavy (non-hydrogen) atoms. The van der Waals surface area contributed by atoms with Gasteiger partial charge in [0.15, 0.2) is 0 Å². The first kappa shape index (κ1) is 15.0. The van der Waals surface area contributed by atoms with E-state index in [1.807, 2.05) is 54.6 Å². The highest BCUT2D eigenvalue weighted by Crippen LogP contribution is 2.09. The lowest BCUT2D eigenvalue weighted by atomic mass is 10.0. The Morgan fingerprint density at radius 1 is 1.05 bits per heavy atom. The molecule has 2 aromatic rings. The van der Waals surface area contributed by atoms with Gasteiger partial charge >= 0.3 is 0 Å². The first-order valence-electron chi connectivity index (χ1n) is 7.30. The van der Waals surface area contributed by atoms with Gasteiger partial charge in [0.1, 0.15) is 0 Å². The molecule has 2 rings (SSSR count). The molecule has 1 unspecified atom stereocenters. The first-order valence-corrected chi connectivity index (χ1v) is 7.30. The van der Waals surface area contributed by atoms with Crippen molar-refractivity contribution in [2.45, 2.75) is 25.3 Å². The van der Waals surface area contributed by atoms with Gasteiger partial charge in [-0.05, 0) is 37.0 Å². The molecule has 0 radical (unpaired) electrons. The minimum atomic E-state index is -0.0180. The summed E-state index contributed by atoms with van der Waals surface area (Å²) < 4.78 is 0. The zero-order valence-electron chi connectivity index (χ0n) is 12.2. The molecule has 0 saturated carbocycles. The number of hydrogen-bond donors (Lipinski definition) is 1. The Morgan fingerprint density at radius 3 is 2.29 bits per heavy atom. The fourth-order valence-electron chi connectivity index (χ4n) is 2.29. The molecule has 1 atom stereocenters. The number of carbonyl (C=O) groups excluding carboxylic acids is 1. The van der Waals surface area contributed by atoms with Gasteiger partial charge in [-0.2, -0.15) is 0 Å². The molecule has 0 aromatic heterocycles. The normalized spacial score (nSPS) is 11.6. The Hall–Kier alpha value is -2.35. The van der Waals surface area contributed by atoms with Crippen LogP contribution in [0.1, 0.15) is 28.8 Å². The number of aryl methyl sites for hydroxylation is 1. The van der Waals surface area contributed by atoms with E-state index in [0.29, 0.717) is 5.56 Å². The topological polar surface area (TPSA) is 29.1 Å². The van der Waals surface area contributed by atoms with Crippen molar-refractivity contribution >= 4 is 5.91 Å². The molecule has 2 aromatic carbocycles. The molecule has 108 valence electrons. The van der Waals surface area contributed by atoms with E-state index in [9.17, 15) is 4.79 Å². The standard InChI is InChI=1S/C19H21NO/c1-2-9-18(15-14-16-10-5-3-6-11-16)20-19(21)17-12-7-4-8-13-17/h2-8,10-13,18H,1,9,14-15H2,(H,20,21). The van der Waals surface area contributed by atoms with Crippen LogP contribution in [-0.2, 0) is 6.42 Å². The molecule has 1 amide bonds. The van der Waals surface area contributed by atoms with Crippen LogP contribution in [0, 0.1) is 0 Å². The fraction of sp³-hybridized carbons (Fsp3) is 0.211. The monoisotopic (exact) mass is 279 g/mol. The number of amides is 1. The van der Waals surface area contributed by atoms with Crippen LogP contribution in [0.3, 0.4) is 0 Å². The Morgan fingerprint density at radius 2 is 1.67 bits per heavy atom.